The van der Waals surface area contributed by atoms with Crippen molar-refractivity contribution in [1.82, 2.24) is 15.0 Å². The van der Waals surface area contributed by atoms with Gasteiger partial charge in [0.15, 0.2) is 0 Å². The number of aromatic nitrogens is 3. The lowest BCUT2D eigenvalue weighted by Gasteiger charge is -2.30. The molecular weight excluding hydrogens is 391 g/mol. The lowest BCUT2D eigenvalue weighted by Crippen LogP contribution is -3.00. The third-order valence-corrected chi connectivity index (χ3v) is 4.52. The van der Waals surface area contributed by atoms with Gasteiger partial charge in [-0.25, -0.2) is 0 Å². The van der Waals surface area contributed by atoms with E-state index < -0.39 is 0 Å². The summed E-state index contributed by atoms with van der Waals surface area (Å²) in [5, 5.41) is 3.90. The van der Waals surface area contributed by atoms with E-state index >= 15 is 0 Å². The van der Waals surface area contributed by atoms with E-state index in [2.05, 4.69) is 25.1 Å². The molecule has 1 aromatic carbocycles. The maximum atomic E-state index is 6.08. The summed E-state index contributed by atoms with van der Waals surface area (Å²) in [4.78, 5) is 18.2. The molecule has 2 aromatic rings. The number of hydrogen-bond acceptors (Lipinski definition) is 8. The van der Waals surface area contributed by atoms with Crippen molar-refractivity contribution in [2.45, 2.75) is 0 Å². The molecule has 0 radical (unpaired) electrons. The summed E-state index contributed by atoms with van der Waals surface area (Å²) in [5.41, 5.74) is 0.838. The van der Waals surface area contributed by atoms with E-state index in [-0.39, 0.29) is 12.4 Å². The SMILES string of the molecule is Clc1cccc(Nc2nc(N3CCOCC3)nc(N3CCOCC3)n2)c1.[Cl-]. The maximum absolute atomic E-state index is 6.08. The first kappa shape index (κ1) is 19.9. The Labute approximate surface area is 169 Å². The quantitative estimate of drug-likeness (QED) is 0.682. The summed E-state index contributed by atoms with van der Waals surface area (Å²) in [5.74, 6) is 1.83. The smallest absolute Gasteiger partial charge is 0.233 e. The molecule has 0 aliphatic carbocycles. The molecule has 2 aliphatic heterocycles. The highest BCUT2D eigenvalue weighted by Gasteiger charge is 2.20. The third-order valence-electron chi connectivity index (χ3n) is 4.28. The molecule has 2 aliphatic rings. The molecule has 0 bridgehead atoms. The first-order valence-electron chi connectivity index (χ1n) is 8.72. The molecule has 0 atom stereocenters. The predicted octanol–water partition coefficient (Wildman–Crippen LogP) is -1.05. The molecule has 2 fully saturated rings. The summed E-state index contributed by atoms with van der Waals surface area (Å²) in [6, 6.07) is 7.49. The number of rotatable bonds is 4. The molecule has 10 heteroatoms. The minimum absolute atomic E-state index is 0. The summed E-state index contributed by atoms with van der Waals surface area (Å²) >= 11 is 6.08. The first-order chi connectivity index (χ1) is 12.8. The molecule has 3 heterocycles. The number of nitrogens with one attached hydrogen (secondary N) is 1. The number of nitrogens with zero attached hydrogens (tertiary/aromatic N) is 5. The van der Waals surface area contributed by atoms with E-state index in [1.54, 1.807) is 0 Å². The minimum atomic E-state index is 0. The summed E-state index contributed by atoms with van der Waals surface area (Å²) < 4.78 is 10.9. The van der Waals surface area contributed by atoms with Crippen molar-refractivity contribution in [3.63, 3.8) is 0 Å². The molecule has 1 aromatic heterocycles. The normalized spacial score (nSPS) is 17.4. The van der Waals surface area contributed by atoms with Crippen LogP contribution in [-0.2, 0) is 9.47 Å². The Kier molecular flexibility index (Phi) is 6.89. The van der Waals surface area contributed by atoms with Gasteiger partial charge in [-0.2, -0.15) is 15.0 Å². The summed E-state index contributed by atoms with van der Waals surface area (Å²) in [6.07, 6.45) is 0. The standard InChI is InChI=1S/C17H21ClN6O2.ClH/c18-13-2-1-3-14(12-13)19-15-20-16(23-4-8-25-9-5-23)22-17(21-15)24-6-10-26-11-7-24;/h1-3,12H,4-11H2,(H,19,20,21,22);1H/p-1. The van der Waals surface area contributed by atoms with Crippen LogP contribution >= 0.6 is 11.6 Å². The van der Waals surface area contributed by atoms with Gasteiger partial charge in [-0.1, -0.05) is 17.7 Å². The van der Waals surface area contributed by atoms with Crippen LogP contribution in [0, 0.1) is 0 Å². The Morgan fingerprint density at radius 2 is 1.41 bits per heavy atom. The topological polar surface area (TPSA) is 75.6 Å². The van der Waals surface area contributed by atoms with Crippen LogP contribution in [0.4, 0.5) is 23.5 Å². The van der Waals surface area contributed by atoms with Crippen molar-refractivity contribution in [3.05, 3.63) is 29.3 Å². The van der Waals surface area contributed by atoms with Gasteiger partial charge in [0, 0.05) is 36.9 Å². The van der Waals surface area contributed by atoms with Gasteiger partial charge in [0.25, 0.3) is 0 Å². The lowest BCUT2D eigenvalue weighted by molar-refractivity contribution is -0.00000685. The van der Waals surface area contributed by atoms with E-state index in [0.29, 0.717) is 49.3 Å². The van der Waals surface area contributed by atoms with E-state index in [1.807, 2.05) is 24.3 Å². The minimum Gasteiger partial charge on any atom is -1.00 e. The molecule has 0 spiro atoms. The molecular formula is C17H21Cl2N6O2-. The van der Waals surface area contributed by atoms with Crippen molar-refractivity contribution in [1.29, 1.82) is 0 Å². The van der Waals surface area contributed by atoms with Crippen LogP contribution in [0.15, 0.2) is 24.3 Å². The Morgan fingerprint density at radius 3 is 1.93 bits per heavy atom. The van der Waals surface area contributed by atoms with Crippen molar-refractivity contribution in [3.8, 4) is 0 Å². The monoisotopic (exact) mass is 411 g/mol. The van der Waals surface area contributed by atoms with Gasteiger partial charge < -0.3 is 37.0 Å². The highest BCUT2D eigenvalue weighted by molar-refractivity contribution is 6.30. The van der Waals surface area contributed by atoms with Crippen molar-refractivity contribution in [2.75, 3.05) is 67.7 Å². The fourth-order valence-electron chi connectivity index (χ4n) is 2.91. The number of halogens is 2. The predicted molar refractivity (Wildman–Crippen MR) is 101 cm³/mol. The van der Waals surface area contributed by atoms with Crippen LogP contribution in [0.3, 0.4) is 0 Å². The van der Waals surface area contributed by atoms with Crippen LogP contribution in [0.25, 0.3) is 0 Å². The second kappa shape index (κ2) is 9.36. The molecule has 0 amide bonds. The fraction of sp³-hybridized carbons (Fsp3) is 0.471. The lowest BCUT2D eigenvalue weighted by atomic mass is 10.3. The van der Waals surface area contributed by atoms with Crippen LogP contribution in [-0.4, -0.2) is 67.6 Å². The highest BCUT2D eigenvalue weighted by atomic mass is 35.5. The number of ether oxygens (including phenoxy) is 2. The maximum Gasteiger partial charge on any atom is 0.233 e. The van der Waals surface area contributed by atoms with E-state index in [1.165, 1.54) is 0 Å². The zero-order valence-corrected chi connectivity index (χ0v) is 16.3. The molecule has 27 heavy (non-hydrogen) atoms. The van der Waals surface area contributed by atoms with Gasteiger partial charge >= 0.3 is 0 Å². The zero-order valence-electron chi connectivity index (χ0n) is 14.8. The second-order valence-electron chi connectivity index (χ2n) is 6.09. The van der Waals surface area contributed by atoms with Crippen molar-refractivity contribution in [2.24, 2.45) is 0 Å². The van der Waals surface area contributed by atoms with Crippen LogP contribution in [0.5, 0.6) is 0 Å². The highest BCUT2D eigenvalue weighted by Crippen LogP contribution is 2.22. The second-order valence-corrected chi connectivity index (χ2v) is 6.53. The Morgan fingerprint density at radius 1 is 0.852 bits per heavy atom. The van der Waals surface area contributed by atoms with E-state index in [4.69, 9.17) is 26.1 Å². The van der Waals surface area contributed by atoms with Gasteiger partial charge in [-0.3, -0.25) is 0 Å². The summed E-state index contributed by atoms with van der Waals surface area (Å²) in [6.45, 7) is 5.77. The van der Waals surface area contributed by atoms with Gasteiger partial charge in [0.2, 0.25) is 17.8 Å². The first-order valence-corrected chi connectivity index (χ1v) is 9.10. The van der Waals surface area contributed by atoms with Crippen molar-refractivity contribution >= 4 is 35.1 Å². The molecule has 2 saturated heterocycles. The van der Waals surface area contributed by atoms with Gasteiger partial charge in [-0.15, -0.1) is 0 Å². The van der Waals surface area contributed by atoms with E-state index in [9.17, 15) is 0 Å². The van der Waals surface area contributed by atoms with Gasteiger partial charge in [0.1, 0.15) is 0 Å². The Balaban J connectivity index is 0.00000210. The molecule has 146 valence electrons. The van der Waals surface area contributed by atoms with E-state index in [0.717, 1.165) is 31.9 Å². The van der Waals surface area contributed by atoms with Crippen LogP contribution < -0.4 is 27.5 Å². The zero-order chi connectivity index (χ0) is 17.8. The average Bonchev–Trinajstić information content (AvgIpc) is 2.69. The summed E-state index contributed by atoms with van der Waals surface area (Å²) in [7, 11) is 0. The van der Waals surface area contributed by atoms with Crippen LogP contribution in [0.2, 0.25) is 5.02 Å². The molecule has 0 saturated carbocycles. The molecule has 0 unspecified atom stereocenters. The number of benzene rings is 1. The largest absolute Gasteiger partial charge is 1.00 e. The van der Waals surface area contributed by atoms with Gasteiger partial charge in [0.05, 0.1) is 26.4 Å². The fourth-order valence-corrected chi connectivity index (χ4v) is 3.10. The van der Waals surface area contributed by atoms with Gasteiger partial charge in [-0.05, 0) is 18.2 Å². The number of hydrogen-bond donors (Lipinski definition) is 1. The molecule has 1 N–H and O–H groups in total. The average molecular weight is 412 g/mol. The Hall–Kier alpha value is -1.87. The number of morpholine rings is 2. The Bertz CT molecular complexity index is 718. The number of anilines is 4. The third kappa shape index (κ3) is 5.10. The van der Waals surface area contributed by atoms with Crippen molar-refractivity contribution < 1.29 is 21.9 Å². The van der Waals surface area contributed by atoms with Crippen LogP contribution in [0.1, 0.15) is 0 Å². The molecule has 8 nitrogen and oxygen atoms in total. The molecule has 4 rings (SSSR count).